The van der Waals surface area contributed by atoms with Crippen molar-refractivity contribution in [1.29, 1.82) is 0 Å². The number of piperidine rings is 1. The van der Waals surface area contributed by atoms with E-state index in [0.29, 0.717) is 23.7 Å². The average molecular weight is 281 g/mol. The van der Waals surface area contributed by atoms with Crippen LogP contribution in [-0.2, 0) is 0 Å². The van der Waals surface area contributed by atoms with Crippen LogP contribution in [0.2, 0.25) is 0 Å². The summed E-state index contributed by atoms with van der Waals surface area (Å²) in [4.78, 5) is 14.5. The molecule has 1 aliphatic rings. The predicted octanol–water partition coefficient (Wildman–Crippen LogP) is 1.21. The maximum Gasteiger partial charge on any atom is 0.263 e. The standard InChI is InChI=1S/C13H19N3O2S/c1-2-5-15-13(18)12-10(14)7-11(19-12)16-6-3-4-9(17)8-16/h2,7,9,17H,1,3-6,8,14H2,(H,15,18). The summed E-state index contributed by atoms with van der Waals surface area (Å²) in [7, 11) is 0. The number of amides is 1. The Morgan fingerprint density at radius 1 is 1.74 bits per heavy atom. The minimum Gasteiger partial charge on any atom is -0.397 e. The highest BCUT2D eigenvalue weighted by Crippen LogP contribution is 2.33. The molecule has 2 heterocycles. The van der Waals surface area contributed by atoms with Crippen LogP contribution >= 0.6 is 11.3 Å². The molecule has 19 heavy (non-hydrogen) atoms. The number of rotatable bonds is 4. The summed E-state index contributed by atoms with van der Waals surface area (Å²) < 4.78 is 0. The van der Waals surface area contributed by atoms with Gasteiger partial charge in [-0.2, -0.15) is 0 Å². The van der Waals surface area contributed by atoms with Gasteiger partial charge in [-0.05, 0) is 18.9 Å². The Morgan fingerprint density at radius 2 is 2.53 bits per heavy atom. The number of hydrogen-bond acceptors (Lipinski definition) is 5. The summed E-state index contributed by atoms with van der Waals surface area (Å²) in [5.74, 6) is -0.175. The maximum atomic E-state index is 11.9. The fourth-order valence-electron chi connectivity index (χ4n) is 2.12. The zero-order chi connectivity index (χ0) is 13.8. The van der Waals surface area contributed by atoms with Gasteiger partial charge in [-0.25, -0.2) is 0 Å². The average Bonchev–Trinajstić information content (AvgIpc) is 2.78. The number of β-amino-alcohol motifs (C(OH)–C–C–N with tert-alkyl or cyclic N) is 1. The van der Waals surface area contributed by atoms with Crippen LogP contribution in [0.4, 0.5) is 10.7 Å². The van der Waals surface area contributed by atoms with Gasteiger partial charge >= 0.3 is 0 Å². The van der Waals surface area contributed by atoms with Gasteiger partial charge in [-0.15, -0.1) is 17.9 Å². The lowest BCUT2D eigenvalue weighted by molar-refractivity contribution is 0.0963. The fourth-order valence-corrected chi connectivity index (χ4v) is 3.16. The first kappa shape index (κ1) is 13.9. The van der Waals surface area contributed by atoms with Crippen molar-refractivity contribution in [3.63, 3.8) is 0 Å². The van der Waals surface area contributed by atoms with Crippen LogP contribution in [0.15, 0.2) is 18.7 Å². The zero-order valence-corrected chi connectivity index (χ0v) is 11.6. The van der Waals surface area contributed by atoms with Crippen molar-refractivity contribution in [2.24, 2.45) is 0 Å². The molecule has 1 fully saturated rings. The van der Waals surface area contributed by atoms with Crippen LogP contribution in [0.3, 0.4) is 0 Å². The van der Waals surface area contributed by atoms with Crippen molar-refractivity contribution in [3.8, 4) is 0 Å². The molecule has 5 nitrogen and oxygen atoms in total. The van der Waals surface area contributed by atoms with Crippen molar-refractivity contribution in [2.75, 3.05) is 30.3 Å². The minimum absolute atomic E-state index is 0.175. The molecule has 0 aromatic carbocycles. The number of nitrogens with zero attached hydrogens (tertiary/aromatic N) is 1. The second-order valence-electron chi connectivity index (χ2n) is 4.61. The third-order valence-electron chi connectivity index (χ3n) is 3.07. The highest BCUT2D eigenvalue weighted by Gasteiger charge is 2.22. The molecule has 0 aliphatic carbocycles. The molecular formula is C13H19N3O2S. The number of anilines is 2. The molecule has 1 aromatic heterocycles. The molecule has 1 amide bonds. The van der Waals surface area contributed by atoms with E-state index in [-0.39, 0.29) is 12.0 Å². The summed E-state index contributed by atoms with van der Waals surface area (Å²) in [6.07, 6.45) is 3.13. The van der Waals surface area contributed by atoms with Crippen LogP contribution in [0, 0.1) is 0 Å². The Bertz CT molecular complexity index is 472. The third kappa shape index (κ3) is 3.27. The van der Waals surface area contributed by atoms with Crippen molar-refractivity contribution < 1.29 is 9.90 Å². The normalized spacial score (nSPS) is 19.2. The Labute approximate surface area is 116 Å². The smallest absolute Gasteiger partial charge is 0.263 e. The molecule has 1 saturated heterocycles. The van der Waals surface area contributed by atoms with Crippen LogP contribution < -0.4 is 16.0 Å². The molecule has 1 atom stereocenters. The number of thiophene rings is 1. The number of nitrogen functional groups attached to an aromatic ring is 1. The molecule has 1 unspecified atom stereocenters. The van der Waals surface area contributed by atoms with Crippen molar-refractivity contribution >= 4 is 27.9 Å². The summed E-state index contributed by atoms with van der Waals surface area (Å²) in [5, 5.41) is 13.3. The minimum atomic E-state index is -0.296. The first-order valence-corrected chi connectivity index (χ1v) is 7.15. The van der Waals surface area contributed by atoms with Crippen molar-refractivity contribution in [3.05, 3.63) is 23.6 Å². The van der Waals surface area contributed by atoms with Gasteiger partial charge in [0.25, 0.3) is 5.91 Å². The van der Waals surface area contributed by atoms with E-state index < -0.39 is 0 Å². The lowest BCUT2D eigenvalue weighted by Gasteiger charge is -2.30. The van der Waals surface area contributed by atoms with Gasteiger partial charge in [0.15, 0.2) is 0 Å². The Morgan fingerprint density at radius 3 is 3.21 bits per heavy atom. The monoisotopic (exact) mass is 281 g/mol. The van der Waals surface area contributed by atoms with Crippen LogP contribution in [-0.4, -0.2) is 36.8 Å². The van der Waals surface area contributed by atoms with Gasteiger partial charge in [0.05, 0.1) is 16.8 Å². The maximum absolute atomic E-state index is 11.9. The Balaban J connectivity index is 2.11. The summed E-state index contributed by atoms with van der Waals surface area (Å²) in [6.45, 7) is 5.48. The van der Waals surface area contributed by atoms with E-state index >= 15 is 0 Å². The molecule has 104 valence electrons. The Hall–Kier alpha value is -1.53. The molecule has 1 aliphatic heterocycles. The molecule has 1 aromatic rings. The molecule has 0 bridgehead atoms. The second kappa shape index (κ2) is 6.08. The van der Waals surface area contributed by atoms with Gasteiger partial charge in [0.2, 0.25) is 0 Å². The summed E-state index contributed by atoms with van der Waals surface area (Å²) in [5.41, 5.74) is 6.38. The van der Waals surface area contributed by atoms with E-state index in [9.17, 15) is 9.90 Å². The number of aliphatic hydroxyl groups is 1. The van der Waals surface area contributed by atoms with Crippen LogP contribution in [0.25, 0.3) is 0 Å². The van der Waals surface area contributed by atoms with E-state index in [1.807, 2.05) is 6.07 Å². The van der Waals surface area contributed by atoms with Crippen molar-refractivity contribution in [2.45, 2.75) is 18.9 Å². The predicted molar refractivity (Wildman–Crippen MR) is 78.7 cm³/mol. The van der Waals surface area contributed by atoms with Gasteiger partial charge in [0, 0.05) is 19.6 Å². The third-order valence-corrected chi connectivity index (χ3v) is 4.28. The second-order valence-corrected chi connectivity index (χ2v) is 5.64. The SMILES string of the molecule is C=CCNC(=O)c1sc(N2CCCC(O)C2)cc1N. The largest absolute Gasteiger partial charge is 0.397 e. The molecule has 6 heteroatoms. The van der Waals surface area contributed by atoms with Gasteiger partial charge < -0.3 is 21.1 Å². The van der Waals surface area contributed by atoms with Gasteiger partial charge in [0.1, 0.15) is 4.88 Å². The molecule has 4 N–H and O–H groups in total. The van der Waals surface area contributed by atoms with Crippen LogP contribution in [0.5, 0.6) is 0 Å². The molecule has 0 saturated carbocycles. The lowest BCUT2D eigenvalue weighted by atomic mass is 10.1. The number of carbonyl (C=O) groups is 1. The van der Waals surface area contributed by atoms with Crippen LogP contribution in [0.1, 0.15) is 22.5 Å². The van der Waals surface area contributed by atoms with Gasteiger partial charge in [-0.3, -0.25) is 4.79 Å². The fraction of sp³-hybridized carbons (Fsp3) is 0.462. The lowest BCUT2D eigenvalue weighted by Crippen LogP contribution is -2.37. The first-order chi connectivity index (χ1) is 9.11. The van der Waals surface area contributed by atoms with E-state index in [1.165, 1.54) is 11.3 Å². The number of nitrogens with two attached hydrogens (primary N) is 1. The highest BCUT2D eigenvalue weighted by molar-refractivity contribution is 7.18. The Kier molecular flexibility index (Phi) is 4.44. The number of nitrogens with one attached hydrogen (secondary N) is 1. The quantitative estimate of drug-likeness (QED) is 0.725. The number of aliphatic hydroxyl groups excluding tert-OH is 1. The number of hydrogen-bond donors (Lipinski definition) is 3. The molecule has 0 radical (unpaired) electrons. The molecule has 0 spiro atoms. The number of carbonyl (C=O) groups excluding carboxylic acids is 1. The summed E-state index contributed by atoms with van der Waals surface area (Å²) in [6, 6.07) is 1.81. The first-order valence-electron chi connectivity index (χ1n) is 6.33. The highest BCUT2D eigenvalue weighted by atomic mass is 32.1. The zero-order valence-electron chi connectivity index (χ0n) is 10.8. The molecular weight excluding hydrogens is 262 g/mol. The van der Waals surface area contributed by atoms with E-state index in [1.54, 1.807) is 6.08 Å². The molecule has 2 rings (SSSR count). The summed E-state index contributed by atoms with van der Waals surface area (Å²) >= 11 is 1.37. The van der Waals surface area contributed by atoms with E-state index in [0.717, 1.165) is 24.4 Å². The van der Waals surface area contributed by atoms with Crippen molar-refractivity contribution in [1.82, 2.24) is 5.32 Å². The van der Waals surface area contributed by atoms with Gasteiger partial charge in [-0.1, -0.05) is 6.08 Å². The topological polar surface area (TPSA) is 78.6 Å². The van der Waals surface area contributed by atoms with E-state index in [4.69, 9.17) is 5.73 Å². The van der Waals surface area contributed by atoms with E-state index in [2.05, 4.69) is 16.8 Å².